The van der Waals surface area contributed by atoms with Crippen LogP contribution in [0.3, 0.4) is 0 Å². The predicted molar refractivity (Wildman–Crippen MR) is 31.3 cm³/mol. The lowest BCUT2D eigenvalue weighted by molar-refractivity contribution is 0.880. The lowest BCUT2D eigenvalue weighted by Crippen LogP contribution is -1.76. The number of hydrogen-bond donors (Lipinski definition) is 0. The summed E-state index contributed by atoms with van der Waals surface area (Å²) >= 11 is 0. The van der Waals surface area contributed by atoms with Crippen molar-refractivity contribution in [1.29, 1.82) is 0 Å². The fraction of sp³-hybridized carbons (Fsp3) is 1.00. The molecule has 0 N–H and O–H groups in total. The van der Waals surface area contributed by atoms with Crippen molar-refractivity contribution >= 4 is 7.28 Å². The molecule has 6 heavy (non-hydrogen) atoms. The molecule has 0 saturated carbocycles. The zero-order chi connectivity index (χ0) is 4.83. The molecule has 0 fully saturated rings. The van der Waals surface area contributed by atoms with Crippen LogP contribution in [0.5, 0.6) is 0 Å². The molecule has 36 valence electrons. The number of hydrogen-bond acceptors (Lipinski definition) is 0. The highest BCUT2D eigenvalue weighted by Gasteiger charge is 1.64. The highest BCUT2D eigenvalue weighted by atomic mass is 13.7. The maximum absolute atomic E-state index is 2.21. The van der Waals surface area contributed by atoms with Gasteiger partial charge in [0.05, 0.1) is 0 Å². The number of rotatable bonds is 3. The summed E-state index contributed by atoms with van der Waals surface area (Å²) in [5.74, 6) is 0. The van der Waals surface area contributed by atoms with E-state index in [0.29, 0.717) is 0 Å². The van der Waals surface area contributed by atoms with Gasteiger partial charge >= 0.3 is 0 Å². The molecule has 0 amide bonds. The van der Waals surface area contributed by atoms with Crippen molar-refractivity contribution in [3.8, 4) is 0 Å². The van der Waals surface area contributed by atoms with Crippen molar-refractivity contribution in [3.63, 3.8) is 0 Å². The second kappa shape index (κ2) is 5.06. The third-order valence-electron chi connectivity index (χ3n) is 0.846. The molecule has 0 aliphatic rings. The molecule has 0 aliphatic heterocycles. The van der Waals surface area contributed by atoms with E-state index in [4.69, 9.17) is 0 Å². The van der Waals surface area contributed by atoms with E-state index in [1.165, 1.54) is 19.2 Å². The van der Waals surface area contributed by atoms with E-state index < -0.39 is 0 Å². The highest BCUT2D eigenvalue weighted by Crippen LogP contribution is 1.90. The molecule has 0 bridgehead atoms. The van der Waals surface area contributed by atoms with E-state index >= 15 is 0 Å². The Morgan fingerprint density at radius 3 is 2.33 bits per heavy atom. The summed E-state index contributed by atoms with van der Waals surface area (Å²) in [4.78, 5) is 0. The maximum atomic E-state index is 2.21. The van der Waals surface area contributed by atoms with Gasteiger partial charge in [0.25, 0.3) is 0 Å². The average molecular weight is 83.0 g/mol. The summed E-state index contributed by atoms with van der Waals surface area (Å²) in [7, 11) is 2.21. The molecule has 0 aromatic heterocycles. The third kappa shape index (κ3) is 4.06. The van der Waals surface area contributed by atoms with Crippen molar-refractivity contribution in [2.45, 2.75) is 32.9 Å². The molecule has 0 heterocycles. The topological polar surface area (TPSA) is 0 Å². The normalized spacial score (nSPS) is 9.00. The second-order valence-electron chi connectivity index (χ2n) is 1.55. The fourth-order valence-corrected chi connectivity index (χ4v) is 0.408. The lowest BCUT2D eigenvalue weighted by Gasteiger charge is -2.00. The minimum Gasteiger partial charge on any atom is -0.341 e. The smallest absolute Gasteiger partial charge is 0.0594 e. The van der Waals surface area contributed by atoms with Crippen LogP contribution in [0, 0.1) is 0 Å². The van der Waals surface area contributed by atoms with Gasteiger partial charge in [-0.15, -0.1) is 0 Å². The van der Waals surface area contributed by atoms with Crippen LogP contribution >= 0.6 is 0 Å². The number of unbranched alkanes of at least 4 members (excludes halogenated alkanes) is 1. The summed E-state index contributed by atoms with van der Waals surface area (Å²) in [5, 5.41) is 0. The van der Waals surface area contributed by atoms with Crippen molar-refractivity contribution < 1.29 is 0 Å². The van der Waals surface area contributed by atoms with Crippen LogP contribution in [0.4, 0.5) is 0 Å². The molecule has 0 saturated heterocycles. The zero-order valence-electron chi connectivity index (χ0n) is 4.70. The van der Waals surface area contributed by atoms with E-state index in [1.54, 1.807) is 0 Å². The Labute approximate surface area is 41.2 Å². The summed E-state index contributed by atoms with van der Waals surface area (Å²) in [6.45, 7) is 4.32. The summed E-state index contributed by atoms with van der Waals surface area (Å²) < 4.78 is 0. The summed E-state index contributed by atoms with van der Waals surface area (Å²) in [5.41, 5.74) is 0. The van der Waals surface area contributed by atoms with Crippen LogP contribution in [0.25, 0.3) is 0 Å². The molecule has 0 aromatic rings. The SMILES string of the molecule is C[B-]CCCC. The van der Waals surface area contributed by atoms with Gasteiger partial charge in [-0.1, -0.05) is 19.8 Å². The standard InChI is InChI=1S/C5H12B/c1-3-4-5-6-2/h3-5H2,1-2H3/q-1. The van der Waals surface area contributed by atoms with Crippen molar-refractivity contribution in [1.82, 2.24) is 0 Å². The summed E-state index contributed by atoms with van der Waals surface area (Å²) in [6, 6.07) is 0. The van der Waals surface area contributed by atoms with E-state index in [-0.39, 0.29) is 0 Å². The van der Waals surface area contributed by atoms with Crippen molar-refractivity contribution in [2.75, 3.05) is 0 Å². The molecule has 0 spiro atoms. The molecular formula is C5H12B-. The van der Waals surface area contributed by atoms with E-state index in [0.717, 1.165) is 0 Å². The first-order valence-corrected chi connectivity index (χ1v) is 2.69. The molecule has 0 nitrogen and oxygen atoms in total. The minimum absolute atomic E-state index is 1.29. The van der Waals surface area contributed by atoms with Crippen LogP contribution < -0.4 is 0 Å². The van der Waals surface area contributed by atoms with Gasteiger partial charge in [-0.3, -0.25) is 6.82 Å². The van der Waals surface area contributed by atoms with Gasteiger partial charge < -0.3 is 7.28 Å². The van der Waals surface area contributed by atoms with Crippen LogP contribution in [0.1, 0.15) is 19.8 Å². The van der Waals surface area contributed by atoms with Gasteiger partial charge in [0, 0.05) is 0 Å². The van der Waals surface area contributed by atoms with Gasteiger partial charge in [0.1, 0.15) is 0 Å². The Morgan fingerprint density at radius 1 is 1.50 bits per heavy atom. The highest BCUT2D eigenvalue weighted by molar-refractivity contribution is 6.33. The van der Waals surface area contributed by atoms with Gasteiger partial charge in [-0.25, -0.2) is 6.32 Å². The first-order chi connectivity index (χ1) is 2.91. The molecular weight excluding hydrogens is 70.9 g/mol. The summed E-state index contributed by atoms with van der Waals surface area (Å²) in [6.07, 6.45) is 3.97. The Kier molecular flexibility index (Phi) is 5.12. The van der Waals surface area contributed by atoms with Crippen LogP contribution in [0.2, 0.25) is 13.1 Å². The van der Waals surface area contributed by atoms with Gasteiger partial charge in [-0.2, -0.15) is 0 Å². The largest absolute Gasteiger partial charge is 0.341 e. The lowest BCUT2D eigenvalue weighted by atomic mass is 9.76. The Hall–Kier alpha value is 0.0649. The quantitative estimate of drug-likeness (QED) is 0.361. The molecule has 2 radical (unpaired) electrons. The van der Waals surface area contributed by atoms with Crippen LogP contribution in [-0.4, -0.2) is 7.28 Å². The average Bonchev–Trinajstić information content (AvgIpc) is 1.61. The fourth-order valence-electron chi connectivity index (χ4n) is 0.408. The Morgan fingerprint density at radius 2 is 2.17 bits per heavy atom. The minimum atomic E-state index is 1.29. The van der Waals surface area contributed by atoms with Crippen LogP contribution in [0.15, 0.2) is 0 Å². The van der Waals surface area contributed by atoms with E-state index in [9.17, 15) is 0 Å². The molecule has 0 atom stereocenters. The van der Waals surface area contributed by atoms with Gasteiger partial charge in [-0.05, 0) is 0 Å². The van der Waals surface area contributed by atoms with Crippen LogP contribution in [-0.2, 0) is 0 Å². The predicted octanol–water partition coefficient (Wildman–Crippen LogP) is 1.96. The monoisotopic (exact) mass is 83.1 g/mol. The Bertz CT molecular complexity index is 15.9. The molecule has 0 rings (SSSR count). The van der Waals surface area contributed by atoms with Gasteiger partial charge in [0.2, 0.25) is 0 Å². The second-order valence-corrected chi connectivity index (χ2v) is 1.55. The van der Waals surface area contributed by atoms with E-state index in [1.807, 2.05) is 0 Å². The van der Waals surface area contributed by atoms with Crippen molar-refractivity contribution in [2.24, 2.45) is 0 Å². The molecule has 0 unspecified atom stereocenters. The first-order valence-electron chi connectivity index (χ1n) is 2.69. The molecule has 1 heteroatoms. The van der Waals surface area contributed by atoms with E-state index in [2.05, 4.69) is 21.0 Å². The van der Waals surface area contributed by atoms with Crippen molar-refractivity contribution in [3.05, 3.63) is 0 Å². The Balaban J connectivity index is 2.34. The molecule has 0 aromatic carbocycles. The molecule has 0 aliphatic carbocycles. The third-order valence-corrected chi connectivity index (χ3v) is 0.846. The first kappa shape index (κ1) is 6.06. The van der Waals surface area contributed by atoms with Gasteiger partial charge in [0.15, 0.2) is 0 Å². The maximum Gasteiger partial charge on any atom is -0.0594 e. The zero-order valence-corrected chi connectivity index (χ0v) is 4.70.